The number of aryl methyl sites for hydroxylation is 1. The number of thiazole rings is 1. The average Bonchev–Trinajstić information content (AvgIpc) is 3.08. The van der Waals surface area contributed by atoms with Crippen LogP contribution in [0, 0.1) is 6.92 Å². The van der Waals surface area contributed by atoms with Crippen molar-refractivity contribution in [2.24, 2.45) is 0 Å². The van der Waals surface area contributed by atoms with Crippen LogP contribution in [0.2, 0.25) is 0 Å². The summed E-state index contributed by atoms with van der Waals surface area (Å²) < 4.78 is 0. The highest BCUT2D eigenvalue weighted by molar-refractivity contribution is 7.19. The Labute approximate surface area is 204 Å². The molecule has 10 heteroatoms. The smallest absolute Gasteiger partial charge is 0.303 e. The van der Waals surface area contributed by atoms with Crippen LogP contribution in [0.5, 0.6) is 0 Å². The molecule has 9 nitrogen and oxygen atoms in total. The van der Waals surface area contributed by atoms with Crippen molar-refractivity contribution >= 4 is 50.6 Å². The van der Waals surface area contributed by atoms with Gasteiger partial charge in [0, 0.05) is 25.6 Å². The number of unbranched alkanes of at least 4 members (excludes halogenated alkanes) is 7. The normalized spacial score (nSPS) is 10.6. The molecule has 34 heavy (non-hydrogen) atoms. The van der Waals surface area contributed by atoms with Crippen molar-refractivity contribution in [2.75, 3.05) is 28.2 Å². The lowest BCUT2D eigenvalue weighted by atomic mass is 10.1. The molecule has 2 rings (SSSR count). The zero-order valence-corrected chi connectivity index (χ0v) is 20.7. The van der Waals surface area contributed by atoms with Crippen molar-refractivity contribution in [3.05, 3.63) is 29.5 Å². The third kappa shape index (κ3) is 9.78. The van der Waals surface area contributed by atoms with E-state index in [1.165, 1.54) is 18.3 Å². The second-order valence-electron chi connectivity index (χ2n) is 8.26. The van der Waals surface area contributed by atoms with Gasteiger partial charge in [-0.2, -0.15) is 0 Å². The molecule has 0 fully saturated rings. The number of hydrogen-bond donors (Lipinski definition) is 5. The summed E-state index contributed by atoms with van der Waals surface area (Å²) in [5.41, 5.74) is 8.07. The third-order valence-electron chi connectivity index (χ3n) is 5.27. The third-order valence-corrected chi connectivity index (χ3v) is 6.18. The Morgan fingerprint density at radius 3 is 2.24 bits per heavy atom. The molecule has 0 unspecified atom stereocenters. The molecular weight excluding hydrogens is 454 g/mol. The van der Waals surface area contributed by atoms with Crippen LogP contribution in [-0.2, 0) is 9.59 Å². The number of aromatic nitrogens is 1. The Morgan fingerprint density at radius 1 is 1.00 bits per heavy atom. The van der Waals surface area contributed by atoms with Gasteiger partial charge in [-0.1, -0.05) is 49.9 Å². The van der Waals surface area contributed by atoms with Gasteiger partial charge in [0.1, 0.15) is 5.00 Å². The highest BCUT2D eigenvalue weighted by Crippen LogP contribution is 2.27. The quantitative estimate of drug-likeness (QED) is 0.215. The molecule has 0 spiro atoms. The fourth-order valence-corrected chi connectivity index (χ4v) is 4.19. The molecule has 1 aromatic heterocycles. The van der Waals surface area contributed by atoms with E-state index in [2.05, 4.69) is 20.9 Å². The van der Waals surface area contributed by atoms with E-state index < -0.39 is 5.97 Å². The maximum atomic E-state index is 12.7. The number of carboxylic acid groups (broad SMARTS) is 1. The summed E-state index contributed by atoms with van der Waals surface area (Å²) in [6.07, 6.45) is 8.68. The summed E-state index contributed by atoms with van der Waals surface area (Å²) >= 11 is 1.20. The molecule has 2 aromatic rings. The van der Waals surface area contributed by atoms with Crippen LogP contribution in [-0.4, -0.2) is 34.4 Å². The Kier molecular flexibility index (Phi) is 11.3. The van der Waals surface area contributed by atoms with Gasteiger partial charge in [-0.3, -0.25) is 19.7 Å². The van der Waals surface area contributed by atoms with E-state index in [0.717, 1.165) is 63.6 Å². The van der Waals surface area contributed by atoms with Crippen molar-refractivity contribution < 1.29 is 19.5 Å². The van der Waals surface area contributed by atoms with Gasteiger partial charge in [-0.25, -0.2) is 4.98 Å². The largest absolute Gasteiger partial charge is 0.481 e. The number of amides is 2. The van der Waals surface area contributed by atoms with Crippen LogP contribution in [0.4, 0.5) is 21.5 Å². The summed E-state index contributed by atoms with van der Waals surface area (Å²) in [6.45, 7) is 3.97. The SMILES string of the molecule is CC(=O)Nc1cc(NCCCCCCCCCCC(=O)O)ccc1C(=O)Nc1nc(C)c(N)s1. The van der Waals surface area contributed by atoms with Gasteiger partial charge in [0.15, 0.2) is 5.13 Å². The number of nitrogens with zero attached hydrogens (tertiary/aromatic N) is 1. The van der Waals surface area contributed by atoms with Gasteiger partial charge < -0.3 is 21.5 Å². The van der Waals surface area contributed by atoms with E-state index in [1.54, 1.807) is 19.1 Å². The van der Waals surface area contributed by atoms with Gasteiger partial charge >= 0.3 is 5.97 Å². The molecule has 1 aromatic carbocycles. The number of carboxylic acids is 1. The first-order valence-corrected chi connectivity index (χ1v) is 12.5. The Morgan fingerprint density at radius 2 is 1.65 bits per heavy atom. The number of nitrogens with one attached hydrogen (secondary N) is 3. The molecule has 0 aliphatic heterocycles. The minimum absolute atomic E-state index is 0.261. The molecular formula is C24H35N5O4S. The number of hydrogen-bond acceptors (Lipinski definition) is 7. The number of anilines is 4. The standard InChI is InChI=1S/C24H35N5O4S/c1-16-22(25)34-24(27-16)29-23(33)19-13-12-18(15-20(19)28-17(2)30)26-14-10-8-6-4-3-5-7-9-11-21(31)32/h12-13,15,26H,3-11,14,25H2,1-2H3,(H,28,30)(H,31,32)(H,27,29,33). The number of nitrogen functional groups attached to an aromatic ring is 1. The van der Waals surface area contributed by atoms with Gasteiger partial charge in [-0.15, -0.1) is 0 Å². The Hall–Kier alpha value is -3.14. The lowest BCUT2D eigenvalue weighted by Crippen LogP contribution is -2.17. The van der Waals surface area contributed by atoms with Crippen LogP contribution in [0.1, 0.15) is 80.8 Å². The molecule has 2 amide bonds. The van der Waals surface area contributed by atoms with E-state index in [1.807, 2.05) is 6.07 Å². The number of nitrogens with two attached hydrogens (primary N) is 1. The Bertz CT molecular complexity index is 957. The van der Waals surface area contributed by atoms with Crippen LogP contribution >= 0.6 is 11.3 Å². The lowest BCUT2D eigenvalue weighted by Gasteiger charge is -2.13. The first-order valence-electron chi connectivity index (χ1n) is 11.7. The monoisotopic (exact) mass is 489 g/mol. The fraction of sp³-hybridized carbons (Fsp3) is 0.500. The minimum Gasteiger partial charge on any atom is -0.481 e. The molecule has 0 radical (unpaired) electrons. The van der Waals surface area contributed by atoms with Gasteiger partial charge in [-0.05, 0) is 38.0 Å². The first-order chi connectivity index (χ1) is 16.3. The highest BCUT2D eigenvalue weighted by atomic mass is 32.1. The fourth-order valence-electron chi connectivity index (χ4n) is 3.47. The molecule has 0 aliphatic carbocycles. The van der Waals surface area contributed by atoms with Crippen LogP contribution < -0.4 is 21.7 Å². The lowest BCUT2D eigenvalue weighted by molar-refractivity contribution is -0.137. The van der Waals surface area contributed by atoms with E-state index in [-0.39, 0.29) is 18.2 Å². The summed E-state index contributed by atoms with van der Waals surface area (Å²) in [6, 6.07) is 5.25. The topological polar surface area (TPSA) is 146 Å². The molecule has 0 bridgehead atoms. The predicted octanol–water partition coefficient (Wildman–Crippen LogP) is 5.25. The van der Waals surface area contributed by atoms with Crippen molar-refractivity contribution in [3.63, 3.8) is 0 Å². The zero-order chi connectivity index (χ0) is 24.9. The molecule has 6 N–H and O–H groups in total. The average molecular weight is 490 g/mol. The highest BCUT2D eigenvalue weighted by Gasteiger charge is 2.16. The van der Waals surface area contributed by atoms with Crippen LogP contribution in [0.3, 0.4) is 0 Å². The summed E-state index contributed by atoms with van der Waals surface area (Å²) in [7, 11) is 0. The van der Waals surface area contributed by atoms with Crippen molar-refractivity contribution in [1.82, 2.24) is 4.98 Å². The van der Waals surface area contributed by atoms with Crippen molar-refractivity contribution in [3.8, 4) is 0 Å². The molecule has 0 saturated carbocycles. The number of rotatable bonds is 15. The summed E-state index contributed by atoms with van der Waals surface area (Å²) in [4.78, 5) is 39.1. The van der Waals surface area contributed by atoms with Crippen LogP contribution in [0.15, 0.2) is 18.2 Å². The number of benzene rings is 1. The molecule has 0 atom stereocenters. The van der Waals surface area contributed by atoms with Crippen molar-refractivity contribution in [1.29, 1.82) is 0 Å². The predicted molar refractivity (Wildman–Crippen MR) is 138 cm³/mol. The van der Waals surface area contributed by atoms with Gasteiger partial charge in [0.05, 0.1) is 16.9 Å². The van der Waals surface area contributed by atoms with Crippen molar-refractivity contribution in [2.45, 2.75) is 71.6 Å². The maximum absolute atomic E-state index is 12.7. The van der Waals surface area contributed by atoms with E-state index in [9.17, 15) is 14.4 Å². The van der Waals surface area contributed by atoms with E-state index >= 15 is 0 Å². The molecule has 186 valence electrons. The first kappa shape index (κ1) is 27.1. The Balaban J connectivity index is 1.77. The minimum atomic E-state index is -0.717. The maximum Gasteiger partial charge on any atom is 0.303 e. The van der Waals surface area contributed by atoms with Crippen LogP contribution in [0.25, 0.3) is 0 Å². The zero-order valence-electron chi connectivity index (χ0n) is 19.9. The second-order valence-corrected chi connectivity index (χ2v) is 9.29. The number of aliphatic carboxylic acids is 1. The summed E-state index contributed by atoms with van der Waals surface area (Å²) in [5, 5.41) is 18.4. The number of carbonyl (C=O) groups excluding carboxylic acids is 2. The second kappa shape index (κ2) is 14.2. The molecule has 1 heterocycles. The van der Waals surface area contributed by atoms with E-state index in [4.69, 9.17) is 10.8 Å². The van der Waals surface area contributed by atoms with E-state index in [0.29, 0.717) is 27.1 Å². The van der Waals surface area contributed by atoms with Gasteiger partial charge in [0.2, 0.25) is 5.91 Å². The molecule has 0 aliphatic rings. The van der Waals surface area contributed by atoms with Gasteiger partial charge in [0.25, 0.3) is 5.91 Å². The molecule has 0 saturated heterocycles. The number of carbonyl (C=O) groups is 3. The summed E-state index contributed by atoms with van der Waals surface area (Å²) in [5.74, 6) is -1.35.